The third-order valence-corrected chi connectivity index (χ3v) is 3.50. The fourth-order valence-corrected chi connectivity index (χ4v) is 2.25. The number of nitrogens with one attached hydrogen (secondary N) is 1. The molecule has 0 bridgehead atoms. The van der Waals surface area contributed by atoms with Gasteiger partial charge in [0.15, 0.2) is 6.10 Å². The molecular formula is C16H21NO3. The molecule has 0 radical (unpaired) electrons. The lowest BCUT2D eigenvalue weighted by atomic mass is 10.0. The van der Waals surface area contributed by atoms with E-state index >= 15 is 0 Å². The summed E-state index contributed by atoms with van der Waals surface area (Å²) in [5, 5.41) is 2.85. The highest BCUT2D eigenvalue weighted by Gasteiger charge is 2.33. The van der Waals surface area contributed by atoms with Crippen LogP contribution in [-0.4, -0.2) is 18.0 Å². The second-order valence-corrected chi connectivity index (χ2v) is 5.62. The van der Waals surface area contributed by atoms with Crippen molar-refractivity contribution in [2.45, 2.75) is 46.6 Å². The van der Waals surface area contributed by atoms with Crippen LogP contribution < -0.4 is 5.32 Å². The van der Waals surface area contributed by atoms with Crippen LogP contribution in [0.5, 0.6) is 0 Å². The van der Waals surface area contributed by atoms with Gasteiger partial charge in [0.25, 0.3) is 5.91 Å². The number of hydrogen-bond donors (Lipinski definition) is 1. The van der Waals surface area contributed by atoms with E-state index < -0.39 is 6.10 Å². The lowest BCUT2D eigenvalue weighted by Crippen LogP contribution is -2.31. The number of esters is 1. The van der Waals surface area contributed by atoms with Gasteiger partial charge in [-0.2, -0.15) is 0 Å². The van der Waals surface area contributed by atoms with Gasteiger partial charge in [-0.05, 0) is 51.7 Å². The van der Waals surface area contributed by atoms with E-state index in [1.165, 1.54) is 0 Å². The number of amides is 1. The maximum Gasteiger partial charge on any atom is 0.309 e. The smallest absolute Gasteiger partial charge is 0.309 e. The molecule has 4 nitrogen and oxygen atoms in total. The maximum absolute atomic E-state index is 12.1. The molecule has 2 rings (SSSR count). The topological polar surface area (TPSA) is 55.4 Å². The van der Waals surface area contributed by atoms with Gasteiger partial charge in [0.05, 0.1) is 5.92 Å². The van der Waals surface area contributed by atoms with Crippen LogP contribution in [0.15, 0.2) is 12.1 Å². The molecule has 0 aromatic heterocycles. The van der Waals surface area contributed by atoms with Gasteiger partial charge < -0.3 is 10.1 Å². The molecule has 1 aromatic carbocycles. The summed E-state index contributed by atoms with van der Waals surface area (Å²) in [6.07, 6.45) is 0.996. The van der Waals surface area contributed by atoms with Gasteiger partial charge in [-0.1, -0.05) is 17.7 Å². The van der Waals surface area contributed by atoms with Crippen LogP contribution in [0.1, 0.15) is 36.5 Å². The molecule has 1 aliphatic rings. The summed E-state index contributed by atoms with van der Waals surface area (Å²) in [5.41, 5.74) is 3.98. The standard InChI is InChI=1S/C16H21NO3/c1-9-7-10(2)14(11(3)8-9)17-15(18)12(4)20-16(19)13-5-6-13/h7-8,12-13H,5-6H2,1-4H3,(H,17,18)/t12-/m1/s1. The van der Waals surface area contributed by atoms with Crippen LogP contribution in [0.3, 0.4) is 0 Å². The summed E-state index contributed by atoms with van der Waals surface area (Å²) in [4.78, 5) is 23.6. The fourth-order valence-electron chi connectivity index (χ4n) is 2.25. The van der Waals surface area contributed by atoms with Crippen LogP contribution >= 0.6 is 0 Å². The lowest BCUT2D eigenvalue weighted by molar-refractivity contribution is -0.154. The Morgan fingerprint density at radius 2 is 1.75 bits per heavy atom. The number of hydrogen-bond acceptors (Lipinski definition) is 3. The van der Waals surface area contributed by atoms with Crippen molar-refractivity contribution in [3.05, 3.63) is 28.8 Å². The predicted octanol–water partition coefficient (Wildman–Crippen LogP) is 2.89. The zero-order chi connectivity index (χ0) is 14.9. The van der Waals surface area contributed by atoms with Gasteiger partial charge in [0.1, 0.15) is 0 Å². The van der Waals surface area contributed by atoms with E-state index in [1.807, 2.05) is 32.9 Å². The zero-order valence-corrected chi connectivity index (χ0v) is 12.4. The van der Waals surface area contributed by atoms with Crippen LogP contribution in [0.4, 0.5) is 5.69 Å². The van der Waals surface area contributed by atoms with E-state index in [2.05, 4.69) is 5.32 Å². The minimum Gasteiger partial charge on any atom is -0.452 e. The molecule has 1 atom stereocenters. The predicted molar refractivity (Wildman–Crippen MR) is 77.6 cm³/mol. The first-order chi connectivity index (χ1) is 9.38. The van der Waals surface area contributed by atoms with Crippen LogP contribution in [0, 0.1) is 26.7 Å². The molecule has 1 fully saturated rings. The van der Waals surface area contributed by atoms with Crippen LogP contribution in [0.25, 0.3) is 0 Å². The van der Waals surface area contributed by atoms with Crippen molar-refractivity contribution in [3.8, 4) is 0 Å². The summed E-state index contributed by atoms with van der Waals surface area (Å²) < 4.78 is 5.16. The fraction of sp³-hybridized carbons (Fsp3) is 0.500. The molecule has 1 N–H and O–H groups in total. The first-order valence-electron chi connectivity index (χ1n) is 6.97. The molecule has 0 unspecified atom stereocenters. The SMILES string of the molecule is Cc1cc(C)c(NC(=O)[C@@H](C)OC(=O)C2CC2)c(C)c1. The first-order valence-corrected chi connectivity index (χ1v) is 6.97. The number of rotatable bonds is 4. The number of carbonyl (C=O) groups excluding carboxylic acids is 2. The Bertz CT molecular complexity index is 524. The first kappa shape index (κ1) is 14.6. The summed E-state index contributed by atoms with van der Waals surface area (Å²) in [6, 6.07) is 4.03. The summed E-state index contributed by atoms with van der Waals surface area (Å²) in [5.74, 6) is -0.535. The Morgan fingerprint density at radius 3 is 2.25 bits per heavy atom. The largest absolute Gasteiger partial charge is 0.452 e. The summed E-state index contributed by atoms with van der Waals surface area (Å²) >= 11 is 0. The van der Waals surface area contributed by atoms with Gasteiger partial charge in [0, 0.05) is 5.69 Å². The third kappa shape index (κ3) is 3.38. The Balaban J connectivity index is 2.01. The molecule has 4 heteroatoms. The zero-order valence-electron chi connectivity index (χ0n) is 12.4. The maximum atomic E-state index is 12.1. The third-order valence-electron chi connectivity index (χ3n) is 3.50. The summed E-state index contributed by atoms with van der Waals surface area (Å²) in [6.45, 7) is 7.53. The van der Waals surface area contributed by atoms with E-state index in [-0.39, 0.29) is 17.8 Å². The average molecular weight is 275 g/mol. The van der Waals surface area contributed by atoms with Crippen molar-refractivity contribution in [2.75, 3.05) is 5.32 Å². The molecule has 0 saturated heterocycles. The number of anilines is 1. The van der Waals surface area contributed by atoms with Crippen molar-refractivity contribution in [2.24, 2.45) is 5.92 Å². The van der Waals surface area contributed by atoms with Crippen LogP contribution in [0.2, 0.25) is 0 Å². The highest BCUT2D eigenvalue weighted by atomic mass is 16.5. The Labute approximate surface area is 119 Å². The molecule has 1 aromatic rings. The molecule has 1 amide bonds. The van der Waals surface area contributed by atoms with E-state index in [1.54, 1.807) is 6.92 Å². The van der Waals surface area contributed by atoms with E-state index in [0.717, 1.165) is 35.2 Å². The van der Waals surface area contributed by atoms with Gasteiger partial charge in [-0.3, -0.25) is 9.59 Å². The second-order valence-electron chi connectivity index (χ2n) is 5.62. The number of aryl methyl sites for hydroxylation is 3. The van der Waals surface area contributed by atoms with Gasteiger partial charge in [-0.25, -0.2) is 0 Å². The Kier molecular flexibility index (Phi) is 4.12. The average Bonchev–Trinajstić information content (AvgIpc) is 3.17. The van der Waals surface area contributed by atoms with Crippen molar-refractivity contribution >= 4 is 17.6 Å². The molecule has 20 heavy (non-hydrogen) atoms. The molecule has 0 heterocycles. The van der Waals surface area contributed by atoms with Gasteiger partial charge in [0.2, 0.25) is 0 Å². The molecule has 0 spiro atoms. The van der Waals surface area contributed by atoms with E-state index in [9.17, 15) is 9.59 Å². The van der Waals surface area contributed by atoms with Crippen molar-refractivity contribution in [1.82, 2.24) is 0 Å². The highest BCUT2D eigenvalue weighted by Crippen LogP contribution is 2.30. The van der Waals surface area contributed by atoms with Gasteiger partial charge in [-0.15, -0.1) is 0 Å². The van der Waals surface area contributed by atoms with Crippen molar-refractivity contribution in [1.29, 1.82) is 0 Å². The molecule has 108 valence electrons. The number of benzene rings is 1. The lowest BCUT2D eigenvalue weighted by Gasteiger charge is -2.16. The quantitative estimate of drug-likeness (QED) is 0.860. The van der Waals surface area contributed by atoms with Gasteiger partial charge >= 0.3 is 5.97 Å². The van der Waals surface area contributed by atoms with Crippen molar-refractivity contribution in [3.63, 3.8) is 0 Å². The summed E-state index contributed by atoms with van der Waals surface area (Å²) in [7, 11) is 0. The van der Waals surface area contributed by atoms with E-state index in [4.69, 9.17) is 4.74 Å². The Hall–Kier alpha value is -1.84. The normalized spacial score (nSPS) is 15.6. The van der Waals surface area contributed by atoms with Crippen LogP contribution in [-0.2, 0) is 14.3 Å². The molecule has 1 aliphatic carbocycles. The van der Waals surface area contributed by atoms with Crippen molar-refractivity contribution < 1.29 is 14.3 Å². The minimum atomic E-state index is -0.761. The van der Waals surface area contributed by atoms with E-state index in [0.29, 0.717) is 0 Å². The monoisotopic (exact) mass is 275 g/mol. The molecule has 0 aliphatic heterocycles. The molecular weight excluding hydrogens is 254 g/mol. The number of ether oxygens (including phenoxy) is 1. The minimum absolute atomic E-state index is 0.00750. The number of carbonyl (C=O) groups is 2. The highest BCUT2D eigenvalue weighted by molar-refractivity contribution is 5.96. The Morgan fingerprint density at radius 1 is 1.20 bits per heavy atom. The second kappa shape index (κ2) is 5.65. The molecule has 1 saturated carbocycles.